The molecule has 0 unspecified atom stereocenters. The zero-order valence-electron chi connectivity index (χ0n) is 22.7. The molecule has 2 aromatic rings. The van der Waals surface area contributed by atoms with Crippen LogP contribution in [0.3, 0.4) is 0 Å². The Morgan fingerprint density at radius 2 is 1.83 bits per heavy atom. The second kappa shape index (κ2) is 17.8. The number of aromatic carboxylic acids is 1. The molecular formula is C29H43FN4O2. The number of rotatable bonds is 7. The highest BCUT2D eigenvalue weighted by molar-refractivity contribution is 5.93. The number of pyridine rings is 1. The molecule has 0 saturated heterocycles. The van der Waals surface area contributed by atoms with Crippen LogP contribution in [0, 0.1) is 5.82 Å². The maximum atomic E-state index is 13.1. The molecule has 198 valence electrons. The van der Waals surface area contributed by atoms with E-state index in [0.29, 0.717) is 11.4 Å². The van der Waals surface area contributed by atoms with Crippen LogP contribution in [0.2, 0.25) is 0 Å². The van der Waals surface area contributed by atoms with Gasteiger partial charge in [0.1, 0.15) is 17.2 Å². The quantitative estimate of drug-likeness (QED) is 0.296. The molecule has 0 aliphatic heterocycles. The monoisotopic (exact) mass is 498 g/mol. The minimum absolute atomic E-state index is 0.0798. The summed E-state index contributed by atoms with van der Waals surface area (Å²) in [6, 6.07) is 6.37. The van der Waals surface area contributed by atoms with Gasteiger partial charge in [0.05, 0.1) is 6.20 Å². The summed E-state index contributed by atoms with van der Waals surface area (Å²) in [5.74, 6) is -1.89. The van der Waals surface area contributed by atoms with E-state index in [0.717, 1.165) is 23.4 Å². The van der Waals surface area contributed by atoms with E-state index in [2.05, 4.69) is 41.8 Å². The van der Waals surface area contributed by atoms with Gasteiger partial charge in [0.25, 0.3) is 0 Å². The molecule has 7 heteroatoms. The van der Waals surface area contributed by atoms with Gasteiger partial charge in [-0.05, 0) is 49.8 Å². The third-order valence-electron chi connectivity index (χ3n) is 5.19. The lowest BCUT2D eigenvalue weighted by Gasteiger charge is -2.14. The molecule has 1 aromatic heterocycles. The van der Waals surface area contributed by atoms with Crippen LogP contribution in [0.1, 0.15) is 81.8 Å². The Bertz CT molecular complexity index is 1030. The Hall–Kier alpha value is -3.61. The topological polar surface area (TPSA) is 100 Å². The average Bonchev–Trinajstić information content (AvgIpc) is 2.91. The number of hydrogen-bond acceptors (Lipinski definition) is 5. The molecule has 0 bridgehead atoms. The fraction of sp³-hybridized carbons (Fsp3) is 0.379. The number of nitrogens with two attached hydrogens (primary N) is 1. The van der Waals surface area contributed by atoms with Gasteiger partial charge in [-0.15, -0.1) is 0 Å². The highest BCUT2D eigenvalue weighted by Gasteiger charge is 2.14. The lowest BCUT2D eigenvalue weighted by atomic mass is 9.95. The molecule has 36 heavy (non-hydrogen) atoms. The number of halogens is 1. The number of nitrogen functional groups attached to an aromatic ring is 1. The molecule has 1 aliphatic rings. The summed E-state index contributed by atoms with van der Waals surface area (Å²) in [7, 11) is 1.74. The van der Waals surface area contributed by atoms with Crippen LogP contribution >= 0.6 is 0 Å². The zero-order valence-corrected chi connectivity index (χ0v) is 22.7. The van der Waals surface area contributed by atoms with Crippen molar-refractivity contribution in [2.75, 3.05) is 18.1 Å². The van der Waals surface area contributed by atoms with Crippen LogP contribution < -0.4 is 16.4 Å². The number of aromatic nitrogens is 1. The SMILES string of the molecule is C=C(C)C1=CCCCC1.C=C(NC)c1cccc(CNc2ncc(F)cc2C(=O)O)c1N.CC.CC. The number of nitrogens with one attached hydrogen (secondary N) is 2. The second-order valence-electron chi connectivity index (χ2n) is 7.57. The summed E-state index contributed by atoms with van der Waals surface area (Å²) in [6.07, 6.45) is 8.54. The fourth-order valence-electron chi connectivity index (χ4n) is 3.31. The van der Waals surface area contributed by atoms with E-state index in [1.54, 1.807) is 13.1 Å². The summed E-state index contributed by atoms with van der Waals surface area (Å²) < 4.78 is 13.1. The summed E-state index contributed by atoms with van der Waals surface area (Å²) in [5.41, 5.74) is 11.3. The molecule has 1 heterocycles. The Kier molecular flexibility index (Phi) is 16.0. The van der Waals surface area contributed by atoms with E-state index < -0.39 is 11.8 Å². The summed E-state index contributed by atoms with van der Waals surface area (Å²) in [5, 5.41) is 14.9. The summed E-state index contributed by atoms with van der Waals surface area (Å²) in [4.78, 5) is 14.9. The van der Waals surface area contributed by atoms with Crippen molar-refractivity contribution in [2.45, 2.75) is 66.8 Å². The summed E-state index contributed by atoms with van der Waals surface area (Å²) >= 11 is 0. The van der Waals surface area contributed by atoms with Gasteiger partial charge in [0.15, 0.2) is 0 Å². The van der Waals surface area contributed by atoms with Gasteiger partial charge in [-0.1, -0.05) is 70.7 Å². The van der Waals surface area contributed by atoms with E-state index in [1.165, 1.54) is 36.8 Å². The Morgan fingerprint density at radius 3 is 2.33 bits per heavy atom. The largest absolute Gasteiger partial charge is 0.478 e. The Labute approximate surface area is 216 Å². The highest BCUT2D eigenvalue weighted by Crippen LogP contribution is 2.24. The van der Waals surface area contributed by atoms with Crippen molar-refractivity contribution in [1.29, 1.82) is 0 Å². The van der Waals surface area contributed by atoms with Crippen LogP contribution in [-0.4, -0.2) is 23.1 Å². The molecular weight excluding hydrogens is 455 g/mol. The number of benzene rings is 1. The van der Waals surface area contributed by atoms with Crippen LogP contribution in [0.5, 0.6) is 0 Å². The molecule has 5 N–H and O–H groups in total. The van der Waals surface area contributed by atoms with Crippen LogP contribution in [0.15, 0.2) is 60.8 Å². The molecule has 0 fully saturated rings. The predicted octanol–water partition coefficient (Wildman–Crippen LogP) is 7.42. The standard InChI is InChI=1S/C16H17FN4O2.C9H14.2C2H6/c1-9(19-2)12-5-3-4-10(14(12)18)7-20-15-13(16(22)23)6-11(17)8-21-15;1-8(2)9-6-4-3-5-7-9;2*1-2/h3-6,8,19H,1,7,18H2,2H3,(H,20,21)(H,22,23);6H,1,3-5,7H2,2H3;2*1-2H3. The minimum Gasteiger partial charge on any atom is -0.478 e. The predicted molar refractivity (Wildman–Crippen MR) is 151 cm³/mol. The molecule has 0 amide bonds. The second-order valence-corrected chi connectivity index (χ2v) is 7.57. The molecule has 6 nitrogen and oxygen atoms in total. The molecule has 0 atom stereocenters. The van der Waals surface area contributed by atoms with Gasteiger partial charge >= 0.3 is 5.97 Å². The normalized spacial score (nSPS) is 11.6. The van der Waals surface area contributed by atoms with E-state index >= 15 is 0 Å². The minimum atomic E-state index is -1.26. The molecule has 0 radical (unpaired) electrons. The van der Waals surface area contributed by atoms with Crippen molar-refractivity contribution in [3.05, 3.63) is 83.3 Å². The first-order chi connectivity index (χ1) is 17.2. The maximum absolute atomic E-state index is 13.1. The first-order valence-corrected chi connectivity index (χ1v) is 12.5. The number of carbonyl (C=O) groups is 1. The fourth-order valence-corrected chi connectivity index (χ4v) is 3.31. The van der Waals surface area contributed by atoms with E-state index in [-0.39, 0.29) is 17.9 Å². The first kappa shape index (κ1) is 32.4. The van der Waals surface area contributed by atoms with Crippen molar-refractivity contribution in [2.24, 2.45) is 0 Å². The van der Waals surface area contributed by atoms with Crippen LogP contribution in [0.4, 0.5) is 15.9 Å². The maximum Gasteiger partial charge on any atom is 0.339 e. The van der Waals surface area contributed by atoms with Crippen LogP contribution in [0.25, 0.3) is 5.70 Å². The number of hydrogen-bond donors (Lipinski definition) is 4. The lowest BCUT2D eigenvalue weighted by molar-refractivity contribution is 0.0697. The number of allylic oxidation sites excluding steroid dienone is 3. The van der Waals surface area contributed by atoms with E-state index in [4.69, 9.17) is 10.8 Å². The Balaban J connectivity index is 0.000000783. The van der Waals surface area contributed by atoms with Crippen molar-refractivity contribution >= 4 is 23.2 Å². The van der Waals surface area contributed by atoms with Crippen molar-refractivity contribution < 1.29 is 14.3 Å². The van der Waals surface area contributed by atoms with Gasteiger partial charge in [-0.25, -0.2) is 14.2 Å². The van der Waals surface area contributed by atoms with Gasteiger partial charge in [-0.2, -0.15) is 0 Å². The molecule has 1 aliphatic carbocycles. The third-order valence-corrected chi connectivity index (χ3v) is 5.19. The number of nitrogens with zero attached hydrogens (tertiary/aromatic N) is 1. The smallest absolute Gasteiger partial charge is 0.339 e. The van der Waals surface area contributed by atoms with E-state index in [1.807, 2.05) is 39.8 Å². The van der Waals surface area contributed by atoms with Crippen molar-refractivity contribution in [1.82, 2.24) is 10.3 Å². The van der Waals surface area contributed by atoms with E-state index in [9.17, 15) is 9.18 Å². The number of para-hydroxylation sites is 1. The van der Waals surface area contributed by atoms with Gasteiger partial charge in [-0.3, -0.25) is 0 Å². The number of carboxylic acid groups (broad SMARTS) is 1. The molecule has 0 spiro atoms. The molecule has 3 rings (SSSR count). The highest BCUT2D eigenvalue weighted by atomic mass is 19.1. The Morgan fingerprint density at radius 1 is 1.17 bits per heavy atom. The zero-order chi connectivity index (χ0) is 27.7. The van der Waals surface area contributed by atoms with Crippen molar-refractivity contribution in [3.8, 4) is 0 Å². The third kappa shape index (κ3) is 10.3. The number of anilines is 2. The molecule has 1 aromatic carbocycles. The van der Waals surface area contributed by atoms with Gasteiger partial charge in [0, 0.05) is 30.5 Å². The van der Waals surface area contributed by atoms with Crippen LogP contribution in [-0.2, 0) is 6.54 Å². The number of carboxylic acids is 1. The van der Waals surface area contributed by atoms with Crippen molar-refractivity contribution in [3.63, 3.8) is 0 Å². The average molecular weight is 499 g/mol. The van der Waals surface area contributed by atoms with Gasteiger partial charge < -0.3 is 21.5 Å². The lowest BCUT2D eigenvalue weighted by Crippen LogP contribution is -2.12. The van der Waals surface area contributed by atoms with Gasteiger partial charge in [0.2, 0.25) is 0 Å². The molecule has 0 saturated carbocycles. The first-order valence-electron chi connectivity index (χ1n) is 12.5. The summed E-state index contributed by atoms with van der Waals surface area (Å²) in [6.45, 7) is 18.1.